The van der Waals surface area contributed by atoms with Crippen LogP contribution in [0.4, 0.5) is 0 Å². The molecule has 26 heavy (non-hydrogen) atoms. The van der Waals surface area contributed by atoms with Crippen LogP contribution in [-0.4, -0.2) is 25.8 Å². The highest BCUT2D eigenvalue weighted by atomic mass is 32.2. The average molecular weight is 393 g/mol. The van der Waals surface area contributed by atoms with Gasteiger partial charge < -0.3 is 4.90 Å². The van der Waals surface area contributed by atoms with Crippen molar-refractivity contribution in [3.05, 3.63) is 51.4 Å². The van der Waals surface area contributed by atoms with E-state index in [9.17, 15) is 13.2 Å². The minimum Gasteiger partial charge on any atom is -0.338 e. The molecule has 0 aliphatic carbocycles. The van der Waals surface area contributed by atoms with E-state index in [0.717, 1.165) is 28.0 Å². The topological polar surface area (TPSA) is 66.5 Å². The lowest BCUT2D eigenvalue weighted by atomic mass is 10.1. The van der Waals surface area contributed by atoms with Crippen LogP contribution in [0.2, 0.25) is 0 Å². The smallest absolute Gasteiger partial charge is 0.250 e. The molecule has 0 spiro atoms. The number of aryl methyl sites for hydroxylation is 2. The molecule has 1 aromatic carbocycles. The number of carbonyl (C=O) groups excluding carboxylic acids is 1. The van der Waals surface area contributed by atoms with Crippen molar-refractivity contribution in [3.63, 3.8) is 0 Å². The van der Waals surface area contributed by atoms with Crippen molar-refractivity contribution in [2.75, 3.05) is 6.54 Å². The van der Waals surface area contributed by atoms with Gasteiger partial charge in [0.05, 0.1) is 0 Å². The third-order valence-corrected chi connectivity index (χ3v) is 7.91. The predicted octanol–water partition coefficient (Wildman–Crippen LogP) is 3.14. The third kappa shape index (κ3) is 4.00. The number of thiophene rings is 1. The summed E-state index contributed by atoms with van der Waals surface area (Å²) in [5.41, 5.74) is 4.23. The van der Waals surface area contributed by atoms with E-state index < -0.39 is 10.0 Å². The molecule has 5 nitrogen and oxygen atoms in total. The zero-order valence-electron chi connectivity index (χ0n) is 15.3. The van der Waals surface area contributed by atoms with Crippen LogP contribution >= 0.6 is 11.3 Å². The Morgan fingerprint density at radius 3 is 2.69 bits per heavy atom. The van der Waals surface area contributed by atoms with Crippen LogP contribution in [0.15, 0.2) is 28.5 Å². The first-order valence-electron chi connectivity index (χ1n) is 8.75. The zero-order chi connectivity index (χ0) is 18.9. The predicted molar refractivity (Wildman–Crippen MR) is 104 cm³/mol. The number of benzene rings is 1. The van der Waals surface area contributed by atoms with Gasteiger partial charge in [-0.05, 0) is 48.6 Å². The number of hydrogen-bond acceptors (Lipinski definition) is 4. The summed E-state index contributed by atoms with van der Waals surface area (Å²) in [6.07, 6.45) is 1.20. The molecule has 0 atom stereocenters. The Hall–Kier alpha value is -1.70. The number of nitrogens with zero attached hydrogens (tertiary/aromatic N) is 1. The van der Waals surface area contributed by atoms with Crippen molar-refractivity contribution < 1.29 is 13.2 Å². The summed E-state index contributed by atoms with van der Waals surface area (Å²) >= 11 is 1.32. The molecule has 7 heteroatoms. The summed E-state index contributed by atoms with van der Waals surface area (Å²) in [4.78, 5) is 14.8. The second kappa shape index (κ2) is 7.50. The molecule has 1 aromatic heterocycles. The van der Waals surface area contributed by atoms with E-state index in [2.05, 4.69) is 4.72 Å². The Morgan fingerprint density at radius 1 is 1.23 bits per heavy atom. The van der Waals surface area contributed by atoms with Gasteiger partial charge in [0.15, 0.2) is 0 Å². The maximum Gasteiger partial charge on any atom is 0.250 e. The lowest BCUT2D eigenvalue weighted by Gasteiger charge is -2.26. The van der Waals surface area contributed by atoms with Crippen LogP contribution in [0, 0.1) is 13.8 Å². The molecular weight excluding hydrogens is 368 g/mol. The molecule has 0 bridgehead atoms. The van der Waals surface area contributed by atoms with Gasteiger partial charge in [-0.2, -0.15) is 0 Å². The summed E-state index contributed by atoms with van der Waals surface area (Å²) in [5.74, 6) is 0.110. The highest BCUT2D eigenvalue weighted by molar-refractivity contribution is 7.91. The van der Waals surface area contributed by atoms with Crippen LogP contribution in [0.3, 0.4) is 0 Å². The van der Waals surface area contributed by atoms with Crippen molar-refractivity contribution in [2.24, 2.45) is 0 Å². The second-order valence-electron chi connectivity index (χ2n) is 6.68. The molecule has 1 N–H and O–H groups in total. The molecule has 1 aliphatic heterocycles. The van der Waals surface area contributed by atoms with E-state index in [0.29, 0.717) is 23.7 Å². The minimum absolute atomic E-state index is 0.110. The Labute approximate surface area is 159 Å². The van der Waals surface area contributed by atoms with Gasteiger partial charge in [-0.1, -0.05) is 25.1 Å². The number of sulfonamides is 1. The van der Waals surface area contributed by atoms with Crippen molar-refractivity contribution in [1.29, 1.82) is 0 Å². The highest BCUT2D eigenvalue weighted by Gasteiger charge is 2.25. The Kier molecular flexibility index (Phi) is 5.50. The van der Waals surface area contributed by atoms with Crippen LogP contribution in [0.5, 0.6) is 0 Å². The monoisotopic (exact) mass is 392 g/mol. The van der Waals surface area contributed by atoms with Crippen LogP contribution in [-0.2, 0) is 34.3 Å². The number of rotatable bonds is 5. The van der Waals surface area contributed by atoms with E-state index in [-0.39, 0.29) is 12.5 Å². The first-order chi connectivity index (χ1) is 12.3. The summed E-state index contributed by atoms with van der Waals surface area (Å²) in [7, 11) is -3.55. The normalized spacial score (nSPS) is 14.3. The fourth-order valence-corrected chi connectivity index (χ4v) is 5.64. The van der Waals surface area contributed by atoms with Crippen LogP contribution in [0.25, 0.3) is 0 Å². The molecule has 0 saturated carbocycles. The molecule has 2 heterocycles. The van der Waals surface area contributed by atoms with E-state index in [1.165, 1.54) is 16.9 Å². The average Bonchev–Trinajstić information content (AvgIpc) is 3.06. The van der Waals surface area contributed by atoms with E-state index in [1.807, 2.05) is 39.0 Å². The van der Waals surface area contributed by atoms with Gasteiger partial charge in [0.2, 0.25) is 15.9 Å². The molecule has 0 fully saturated rings. The third-order valence-electron chi connectivity index (χ3n) is 4.80. The minimum atomic E-state index is -3.55. The van der Waals surface area contributed by atoms with Gasteiger partial charge in [0.25, 0.3) is 0 Å². The molecule has 0 saturated heterocycles. The van der Waals surface area contributed by atoms with Crippen molar-refractivity contribution in [2.45, 2.75) is 50.9 Å². The number of carbonyl (C=O) groups is 1. The quantitative estimate of drug-likeness (QED) is 0.850. The van der Waals surface area contributed by atoms with Gasteiger partial charge in [0, 0.05) is 30.9 Å². The van der Waals surface area contributed by atoms with Crippen molar-refractivity contribution in [1.82, 2.24) is 9.62 Å². The highest BCUT2D eigenvalue weighted by Crippen LogP contribution is 2.31. The number of fused-ring (bicyclic) bond motifs is 1. The first-order valence-corrected chi connectivity index (χ1v) is 11.0. The van der Waals surface area contributed by atoms with Gasteiger partial charge >= 0.3 is 0 Å². The fraction of sp³-hybridized carbons (Fsp3) is 0.421. The lowest BCUT2D eigenvalue weighted by Crippen LogP contribution is -2.34. The molecule has 1 aliphatic rings. The zero-order valence-corrected chi connectivity index (χ0v) is 17.0. The SMILES string of the molecule is CCC(=O)N1CCc2sc(S(=O)(=O)NCc3ccc(C)c(C)c3)cc2C1. The second-order valence-corrected chi connectivity index (χ2v) is 9.81. The van der Waals surface area contributed by atoms with Gasteiger partial charge in [-0.15, -0.1) is 11.3 Å². The molecule has 140 valence electrons. The van der Waals surface area contributed by atoms with E-state index in [4.69, 9.17) is 0 Å². The number of amides is 1. The van der Waals surface area contributed by atoms with Crippen molar-refractivity contribution >= 4 is 27.3 Å². The van der Waals surface area contributed by atoms with Gasteiger partial charge in [-0.3, -0.25) is 4.79 Å². The molecule has 2 aromatic rings. The molecule has 0 unspecified atom stereocenters. The molecule has 1 amide bonds. The Bertz CT molecular complexity index is 932. The summed E-state index contributed by atoms with van der Waals surface area (Å²) in [5, 5.41) is 0. The summed E-state index contributed by atoms with van der Waals surface area (Å²) < 4.78 is 28.4. The largest absolute Gasteiger partial charge is 0.338 e. The Morgan fingerprint density at radius 2 is 2.00 bits per heavy atom. The number of hydrogen-bond donors (Lipinski definition) is 1. The van der Waals surface area contributed by atoms with Gasteiger partial charge in [0.1, 0.15) is 4.21 Å². The Balaban J connectivity index is 1.73. The maximum absolute atomic E-state index is 12.7. The standard InChI is InChI=1S/C19H24N2O3S2/c1-4-18(22)21-8-7-17-16(12-21)10-19(25-17)26(23,24)20-11-15-6-5-13(2)14(3)9-15/h5-6,9-10,20H,4,7-8,11-12H2,1-3H3. The van der Waals surface area contributed by atoms with Crippen molar-refractivity contribution in [3.8, 4) is 0 Å². The van der Waals surface area contributed by atoms with E-state index >= 15 is 0 Å². The fourth-order valence-electron chi connectivity index (χ4n) is 3.04. The lowest BCUT2D eigenvalue weighted by molar-refractivity contribution is -0.131. The van der Waals surface area contributed by atoms with Gasteiger partial charge in [-0.25, -0.2) is 13.1 Å². The molecule has 0 radical (unpaired) electrons. The van der Waals surface area contributed by atoms with E-state index in [1.54, 1.807) is 11.0 Å². The molecular formula is C19H24N2O3S2. The summed E-state index contributed by atoms with van der Waals surface area (Å²) in [6.45, 7) is 7.33. The number of nitrogens with one attached hydrogen (secondary N) is 1. The molecule has 3 rings (SSSR count). The van der Waals surface area contributed by atoms with Crippen LogP contribution < -0.4 is 4.72 Å². The first kappa shape index (κ1) is 19.1. The van der Waals surface area contributed by atoms with Crippen LogP contribution in [0.1, 0.15) is 40.5 Å². The maximum atomic E-state index is 12.7. The summed E-state index contributed by atoms with van der Waals surface area (Å²) in [6, 6.07) is 7.67.